The third-order valence-corrected chi connectivity index (χ3v) is 2.45. The second kappa shape index (κ2) is 11.1. The summed E-state index contributed by atoms with van der Waals surface area (Å²) in [5.41, 5.74) is 5.38. The van der Waals surface area contributed by atoms with Gasteiger partial charge in [-0.25, -0.2) is 0 Å². The van der Waals surface area contributed by atoms with E-state index < -0.39 is 0 Å². The first-order valence-electron chi connectivity index (χ1n) is 6.37. The van der Waals surface area contributed by atoms with Gasteiger partial charge in [-0.3, -0.25) is 0 Å². The van der Waals surface area contributed by atoms with Crippen LogP contribution in [-0.4, -0.2) is 0 Å². The number of terminal acetylenes is 1. The van der Waals surface area contributed by atoms with Crippen LogP contribution in [0.2, 0.25) is 0 Å². The SMILES string of the molecule is C#C/C(=C\C=C=C(C)C)CCCCCCC=C. The van der Waals surface area contributed by atoms with Crippen LogP contribution in [0.3, 0.4) is 0 Å². The van der Waals surface area contributed by atoms with E-state index in [0.29, 0.717) is 0 Å². The van der Waals surface area contributed by atoms with Crippen molar-refractivity contribution in [2.24, 2.45) is 0 Å². The van der Waals surface area contributed by atoms with Gasteiger partial charge in [-0.05, 0) is 57.3 Å². The number of rotatable bonds is 8. The fourth-order valence-corrected chi connectivity index (χ4v) is 1.47. The van der Waals surface area contributed by atoms with Gasteiger partial charge in [-0.2, -0.15) is 0 Å². The Morgan fingerprint density at radius 3 is 2.47 bits per heavy atom. The van der Waals surface area contributed by atoms with Crippen LogP contribution in [0.4, 0.5) is 0 Å². The van der Waals surface area contributed by atoms with E-state index in [4.69, 9.17) is 6.42 Å². The Balaban J connectivity index is 3.88. The molecule has 0 aliphatic rings. The Kier molecular flexibility index (Phi) is 10.1. The molecule has 0 heteroatoms. The molecule has 0 saturated carbocycles. The van der Waals surface area contributed by atoms with Gasteiger partial charge < -0.3 is 0 Å². The van der Waals surface area contributed by atoms with E-state index in [2.05, 4.69) is 18.2 Å². The molecule has 0 aliphatic heterocycles. The lowest BCUT2D eigenvalue weighted by Crippen LogP contribution is -1.82. The maximum absolute atomic E-state index is 5.47. The molecule has 0 rings (SSSR count). The first-order valence-corrected chi connectivity index (χ1v) is 6.37. The fourth-order valence-electron chi connectivity index (χ4n) is 1.47. The minimum Gasteiger partial charge on any atom is -0.122 e. The molecular weight excluding hydrogens is 204 g/mol. The maximum Gasteiger partial charge on any atom is 0.00237 e. The Morgan fingerprint density at radius 1 is 1.18 bits per heavy atom. The Morgan fingerprint density at radius 2 is 1.88 bits per heavy atom. The summed E-state index contributed by atoms with van der Waals surface area (Å²) >= 11 is 0. The van der Waals surface area contributed by atoms with Crippen LogP contribution in [0.1, 0.15) is 52.4 Å². The second-order valence-electron chi connectivity index (χ2n) is 4.39. The van der Waals surface area contributed by atoms with Crippen molar-refractivity contribution in [1.82, 2.24) is 0 Å². The van der Waals surface area contributed by atoms with Crippen LogP contribution < -0.4 is 0 Å². The molecule has 0 heterocycles. The Hall–Kier alpha value is -1.44. The lowest BCUT2D eigenvalue weighted by Gasteiger charge is -1.99. The minimum absolute atomic E-state index is 1.01. The highest BCUT2D eigenvalue weighted by atomic mass is 14.0. The van der Waals surface area contributed by atoms with Gasteiger partial charge in [0, 0.05) is 5.57 Å². The van der Waals surface area contributed by atoms with Gasteiger partial charge in [-0.1, -0.05) is 24.8 Å². The first-order chi connectivity index (χ1) is 8.20. The molecule has 0 spiro atoms. The lowest BCUT2D eigenvalue weighted by molar-refractivity contribution is 0.648. The molecule has 92 valence electrons. The number of allylic oxidation sites excluding steroid dienone is 4. The molecule has 0 unspecified atom stereocenters. The highest BCUT2D eigenvalue weighted by Crippen LogP contribution is 2.10. The molecule has 0 aliphatic carbocycles. The summed E-state index contributed by atoms with van der Waals surface area (Å²) in [6.45, 7) is 7.77. The zero-order valence-corrected chi connectivity index (χ0v) is 11.3. The predicted molar refractivity (Wildman–Crippen MR) is 77.8 cm³/mol. The molecule has 0 atom stereocenters. The molecule has 0 aromatic carbocycles. The van der Waals surface area contributed by atoms with Crippen molar-refractivity contribution >= 4 is 0 Å². The lowest BCUT2D eigenvalue weighted by atomic mass is 10.1. The summed E-state index contributed by atoms with van der Waals surface area (Å²) in [5, 5.41) is 0. The third-order valence-electron chi connectivity index (χ3n) is 2.45. The van der Waals surface area contributed by atoms with E-state index in [-0.39, 0.29) is 0 Å². The van der Waals surface area contributed by atoms with Crippen LogP contribution >= 0.6 is 0 Å². The minimum atomic E-state index is 1.01. The molecule has 0 fully saturated rings. The van der Waals surface area contributed by atoms with Gasteiger partial charge in [0.25, 0.3) is 0 Å². The van der Waals surface area contributed by atoms with Gasteiger partial charge in [0.15, 0.2) is 0 Å². The van der Waals surface area contributed by atoms with Crippen molar-refractivity contribution in [3.05, 3.63) is 41.7 Å². The standard InChI is InChI=1S/C17H24/c1-5-7-8-9-10-11-14-17(6-2)15-12-13-16(3)4/h2,5,12,15H,1,7-11,14H2,3-4H3/b17-15+. The topological polar surface area (TPSA) is 0 Å². The molecule has 0 aromatic heterocycles. The number of hydrogen-bond donors (Lipinski definition) is 0. The maximum atomic E-state index is 5.47. The summed E-state index contributed by atoms with van der Waals surface area (Å²) < 4.78 is 0. The zero-order valence-electron chi connectivity index (χ0n) is 11.3. The van der Waals surface area contributed by atoms with Gasteiger partial charge in [0.1, 0.15) is 0 Å². The average molecular weight is 228 g/mol. The number of unbranched alkanes of at least 4 members (excludes halogenated alkanes) is 4. The molecule has 0 bridgehead atoms. The third kappa shape index (κ3) is 10.8. The molecule has 0 radical (unpaired) electrons. The van der Waals surface area contributed by atoms with Gasteiger partial charge in [-0.15, -0.1) is 18.7 Å². The first kappa shape index (κ1) is 15.6. The van der Waals surface area contributed by atoms with Crippen molar-refractivity contribution in [3.63, 3.8) is 0 Å². The molecule has 17 heavy (non-hydrogen) atoms. The summed E-state index contributed by atoms with van der Waals surface area (Å²) in [7, 11) is 0. The van der Waals surface area contributed by atoms with Crippen molar-refractivity contribution in [1.29, 1.82) is 0 Å². The van der Waals surface area contributed by atoms with E-state index >= 15 is 0 Å². The normalized spacial score (nSPS) is 10.3. The molecule has 0 aromatic rings. The van der Waals surface area contributed by atoms with Crippen molar-refractivity contribution in [2.75, 3.05) is 0 Å². The van der Waals surface area contributed by atoms with E-state index in [0.717, 1.165) is 18.4 Å². The van der Waals surface area contributed by atoms with E-state index in [9.17, 15) is 0 Å². The van der Waals surface area contributed by atoms with Crippen LogP contribution in [0.5, 0.6) is 0 Å². The molecule has 0 nitrogen and oxygen atoms in total. The van der Waals surface area contributed by atoms with Crippen LogP contribution in [0.25, 0.3) is 0 Å². The average Bonchev–Trinajstić information content (AvgIpc) is 2.30. The van der Waals surface area contributed by atoms with Crippen LogP contribution in [-0.2, 0) is 0 Å². The van der Waals surface area contributed by atoms with Crippen LogP contribution in [0.15, 0.2) is 41.7 Å². The molecule has 0 N–H and O–H groups in total. The van der Waals surface area contributed by atoms with Crippen molar-refractivity contribution < 1.29 is 0 Å². The highest BCUT2D eigenvalue weighted by Gasteiger charge is 1.93. The quantitative estimate of drug-likeness (QED) is 0.176. The Labute approximate surface area is 107 Å². The fraction of sp³-hybridized carbons (Fsp3) is 0.471. The molecule has 0 amide bonds. The summed E-state index contributed by atoms with van der Waals surface area (Å²) in [5.74, 6) is 2.74. The second-order valence-corrected chi connectivity index (χ2v) is 4.39. The van der Waals surface area contributed by atoms with E-state index in [1.807, 2.05) is 32.1 Å². The van der Waals surface area contributed by atoms with Crippen molar-refractivity contribution in [2.45, 2.75) is 52.4 Å². The zero-order chi connectivity index (χ0) is 12.9. The largest absolute Gasteiger partial charge is 0.122 e. The summed E-state index contributed by atoms with van der Waals surface area (Å²) in [6, 6.07) is 0. The highest BCUT2D eigenvalue weighted by molar-refractivity contribution is 5.29. The molecular formula is C17H24. The van der Waals surface area contributed by atoms with Gasteiger partial charge >= 0.3 is 0 Å². The smallest absolute Gasteiger partial charge is 0.00237 e. The van der Waals surface area contributed by atoms with E-state index in [1.165, 1.54) is 31.3 Å². The summed E-state index contributed by atoms with van der Waals surface area (Å²) in [6.07, 6.45) is 18.4. The van der Waals surface area contributed by atoms with Crippen LogP contribution in [0, 0.1) is 12.3 Å². The number of hydrogen-bond acceptors (Lipinski definition) is 0. The monoisotopic (exact) mass is 228 g/mol. The van der Waals surface area contributed by atoms with Crippen molar-refractivity contribution in [3.8, 4) is 12.3 Å². The van der Waals surface area contributed by atoms with Gasteiger partial charge in [0.2, 0.25) is 0 Å². The predicted octanol–water partition coefficient (Wildman–Crippen LogP) is 5.19. The van der Waals surface area contributed by atoms with Gasteiger partial charge in [0.05, 0.1) is 0 Å². The summed E-state index contributed by atoms with van der Waals surface area (Å²) in [4.78, 5) is 0. The molecule has 0 saturated heterocycles. The van der Waals surface area contributed by atoms with E-state index in [1.54, 1.807) is 0 Å². The Bertz CT molecular complexity index is 337.